The van der Waals surface area contributed by atoms with Gasteiger partial charge in [0, 0.05) is 6.42 Å². The van der Waals surface area contributed by atoms with Gasteiger partial charge in [0.1, 0.15) is 48.8 Å². The summed E-state index contributed by atoms with van der Waals surface area (Å²) in [5.74, 6) is -0.197. The van der Waals surface area contributed by atoms with Crippen molar-refractivity contribution in [3.05, 3.63) is 24.3 Å². The number of carbonyl (C=O) groups is 1. The molecule has 0 aromatic rings. The summed E-state index contributed by atoms with van der Waals surface area (Å²) >= 11 is 0. The molecule has 0 aliphatic carbocycles. The minimum absolute atomic E-state index is 0.197. The van der Waals surface area contributed by atoms with Gasteiger partial charge >= 0.3 is 0 Å². The van der Waals surface area contributed by atoms with Crippen LogP contribution in [-0.2, 0) is 23.7 Å². The van der Waals surface area contributed by atoms with Gasteiger partial charge in [-0.05, 0) is 44.9 Å². The first kappa shape index (κ1) is 89.6. The van der Waals surface area contributed by atoms with Crippen LogP contribution in [0.4, 0.5) is 0 Å². The van der Waals surface area contributed by atoms with Crippen LogP contribution in [0.15, 0.2) is 24.3 Å². The second-order valence-corrected chi connectivity index (χ2v) is 29.3. The smallest absolute Gasteiger partial charge is 0.220 e. The zero-order chi connectivity index (χ0) is 68.7. The molecule has 0 radical (unpaired) electrons. The Kier molecular flexibility index (Phi) is 62.0. The Morgan fingerprint density at radius 1 is 0.379 bits per heavy atom. The molecule has 12 atom stereocenters. The molecule has 14 heteroatoms. The van der Waals surface area contributed by atoms with Gasteiger partial charge in [-0.3, -0.25) is 4.79 Å². The van der Waals surface area contributed by atoms with Gasteiger partial charge in [0.15, 0.2) is 12.6 Å². The van der Waals surface area contributed by atoms with Gasteiger partial charge in [0.05, 0.1) is 32.0 Å². The second kappa shape index (κ2) is 65.8. The quantitative estimate of drug-likeness (QED) is 0.0204. The van der Waals surface area contributed by atoms with E-state index in [1.165, 1.54) is 308 Å². The molecule has 0 aromatic heterocycles. The number of hydrogen-bond acceptors (Lipinski definition) is 13. The van der Waals surface area contributed by atoms with Crippen molar-refractivity contribution in [2.24, 2.45) is 0 Å². The fourth-order valence-electron chi connectivity index (χ4n) is 13.9. The molecule has 2 heterocycles. The van der Waals surface area contributed by atoms with Crippen LogP contribution >= 0.6 is 0 Å². The zero-order valence-electron chi connectivity index (χ0n) is 61.7. The van der Waals surface area contributed by atoms with E-state index in [-0.39, 0.29) is 12.5 Å². The van der Waals surface area contributed by atoms with Crippen LogP contribution in [0, 0.1) is 0 Å². The van der Waals surface area contributed by atoms with E-state index >= 15 is 0 Å². The molecule has 2 rings (SSSR count). The number of aliphatic hydroxyl groups excluding tert-OH is 8. The topological polar surface area (TPSA) is 228 Å². The van der Waals surface area contributed by atoms with Gasteiger partial charge in [-0.25, -0.2) is 0 Å². The van der Waals surface area contributed by atoms with E-state index < -0.39 is 86.8 Å². The SMILES string of the molecule is CCCCCCC/C=C\C/C=C\CCCCCCCCCCCCCCCCCCCCCCCCCCCCCCCC(=O)NC(COC1OC(CO)C(OC2OC(CO)C(O)C(O)C2O)C(O)C1O)C(O)CCCCCCCCCCCCCCCCCCCCCC. The Bertz CT molecular complexity index is 1690. The summed E-state index contributed by atoms with van der Waals surface area (Å²) in [7, 11) is 0. The molecule has 2 aliphatic heterocycles. The first-order valence-electron chi connectivity index (χ1n) is 41.1. The molecule has 14 nitrogen and oxygen atoms in total. The van der Waals surface area contributed by atoms with E-state index in [1.807, 2.05) is 0 Å². The highest BCUT2D eigenvalue weighted by Gasteiger charge is 2.51. The van der Waals surface area contributed by atoms with Crippen molar-refractivity contribution in [3.8, 4) is 0 Å². The Labute approximate surface area is 583 Å². The van der Waals surface area contributed by atoms with Crippen molar-refractivity contribution >= 4 is 5.91 Å². The van der Waals surface area contributed by atoms with Crippen molar-refractivity contribution in [1.82, 2.24) is 5.32 Å². The summed E-state index contributed by atoms with van der Waals surface area (Å²) in [4.78, 5) is 13.4. The monoisotopic (exact) mass is 1350 g/mol. The van der Waals surface area contributed by atoms with Crippen LogP contribution in [0.3, 0.4) is 0 Å². The summed E-state index contributed by atoms with van der Waals surface area (Å²) in [5.41, 5.74) is 0. The minimum atomic E-state index is -1.78. The number of nitrogens with one attached hydrogen (secondary N) is 1. The van der Waals surface area contributed by atoms with Crippen LogP contribution in [0.5, 0.6) is 0 Å². The molecule has 9 N–H and O–H groups in total. The molecular formula is C81H155NO13. The number of amides is 1. The summed E-state index contributed by atoms with van der Waals surface area (Å²) in [6, 6.07) is -0.827. The van der Waals surface area contributed by atoms with Crippen molar-refractivity contribution in [2.75, 3.05) is 19.8 Å². The Hall–Kier alpha value is -1.53. The van der Waals surface area contributed by atoms with E-state index in [2.05, 4.69) is 43.5 Å². The van der Waals surface area contributed by atoms with E-state index in [0.717, 1.165) is 57.8 Å². The first-order valence-corrected chi connectivity index (χ1v) is 41.1. The third kappa shape index (κ3) is 48.9. The Balaban J connectivity index is 1.53. The van der Waals surface area contributed by atoms with Crippen LogP contribution in [0.1, 0.15) is 393 Å². The Morgan fingerprint density at radius 2 is 0.695 bits per heavy atom. The second-order valence-electron chi connectivity index (χ2n) is 29.3. The largest absolute Gasteiger partial charge is 0.394 e. The lowest BCUT2D eigenvalue weighted by Gasteiger charge is -2.46. The maximum atomic E-state index is 13.4. The average molecular weight is 1350 g/mol. The number of aliphatic hydroxyl groups is 8. The van der Waals surface area contributed by atoms with E-state index in [4.69, 9.17) is 18.9 Å². The molecule has 0 aromatic carbocycles. The minimum Gasteiger partial charge on any atom is -0.394 e. The van der Waals surface area contributed by atoms with Crippen molar-refractivity contribution < 1.29 is 64.6 Å². The number of allylic oxidation sites excluding steroid dienone is 4. The maximum absolute atomic E-state index is 13.4. The fraction of sp³-hybridized carbons (Fsp3) is 0.938. The van der Waals surface area contributed by atoms with Crippen molar-refractivity contribution in [2.45, 2.75) is 466 Å². The number of unbranched alkanes of at least 4 members (excludes halogenated alkanes) is 53. The van der Waals surface area contributed by atoms with Crippen molar-refractivity contribution in [1.29, 1.82) is 0 Å². The standard InChI is InChI=1S/C81H155NO13/c1-3-5-7-9-11-13-15-17-19-21-23-25-26-27-28-29-30-31-32-33-34-35-36-37-38-39-40-41-42-43-44-45-47-49-51-53-55-57-59-61-63-65-73(86)82-69(70(85)64-62-60-58-56-54-52-50-48-46-24-22-20-18-16-14-12-10-8-6-4-2)68-92-80-78(91)76(89)79(72(67-84)94-80)95-81-77(90)75(88)74(87)71(66-83)93-81/h15,17,21,23,69-72,74-81,83-85,87-91H,3-14,16,18-20,22,24-68H2,1-2H3,(H,82,86)/b17-15-,23-21-. The van der Waals surface area contributed by atoms with Gasteiger partial charge in [-0.1, -0.05) is 366 Å². The molecule has 0 saturated carbocycles. The molecule has 1 amide bonds. The molecule has 2 saturated heterocycles. The van der Waals surface area contributed by atoms with Crippen LogP contribution in [0.25, 0.3) is 0 Å². The molecule has 0 spiro atoms. The zero-order valence-corrected chi connectivity index (χ0v) is 61.7. The van der Waals surface area contributed by atoms with Crippen LogP contribution < -0.4 is 5.32 Å². The van der Waals surface area contributed by atoms with E-state index in [0.29, 0.717) is 12.8 Å². The van der Waals surface area contributed by atoms with Gasteiger partial charge in [0.25, 0.3) is 0 Å². The summed E-state index contributed by atoms with van der Waals surface area (Å²) in [6.45, 7) is 2.92. The third-order valence-corrected chi connectivity index (χ3v) is 20.4. The number of rotatable bonds is 70. The molecule has 12 unspecified atom stereocenters. The lowest BCUT2D eigenvalue weighted by Crippen LogP contribution is -2.65. The molecular weight excluding hydrogens is 1190 g/mol. The van der Waals surface area contributed by atoms with Gasteiger partial charge < -0.3 is 65.1 Å². The van der Waals surface area contributed by atoms with Gasteiger partial charge in [0.2, 0.25) is 5.91 Å². The summed E-state index contributed by atoms with van der Waals surface area (Å²) < 4.78 is 23.0. The lowest BCUT2D eigenvalue weighted by atomic mass is 9.97. The van der Waals surface area contributed by atoms with Gasteiger partial charge in [-0.2, -0.15) is 0 Å². The summed E-state index contributed by atoms with van der Waals surface area (Å²) in [5, 5.41) is 87.8. The van der Waals surface area contributed by atoms with Crippen molar-refractivity contribution in [3.63, 3.8) is 0 Å². The molecule has 95 heavy (non-hydrogen) atoms. The fourth-order valence-corrected chi connectivity index (χ4v) is 13.9. The first-order chi connectivity index (χ1) is 46.6. The molecule has 0 bridgehead atoms. The number of hydrogen-bond donors (Lipinski definition) is 9. The van der Waals surface area contributed by atoms with Gasteiger partial charge in [-0.15, -0.1) is 0 Å². The molecule has 562 valence electrons. The summed E-state index contributed by atoms with van der Waals surface area (Å²) in [6.07, 6.45) is 68.1. The molecule has 2 aliphatic rings. The van der Waals surface area contributed by atoms with Crippen LogP contribution in [0.2, 0.25) is 0 Å². The highest BCUT2D eigenvalue weighted by atomic mass is 16.7. The highest BCUT2D eigenvalue weighted by Crippen LogP contribution is 2.31. The highest BCUT2D eigenvalue weighted by molar-refractivity contribution is 5.76. The number of ether oxygens (including phenoxy) is 4. The van der Waals surface area contributed by atoms with E-state index in [9.17, 15) is 45.6 Å². The average Bonchev–Trinajstić information content (AvgIpc) is 0.897. The predicted octanol–water partition coefficient (Wildman–Crippen LogP) is 18.6. The van der Waals surface area contributed by atoms with Crippen LogP contribution in [-0.4, -0.2) is 140 Å². The van der Waals surface area contributed by atoms with E-state index in [1.54, 1.807) is 0 Å². The normalized spacial score (nSPS) is 22.4. The Morgan fingerprint density at radius 3 is 1.05 bits per heavy atom. The lowest BCUT2D eigenvalue weighted by molar-refractivity contribution is -0.359. The molecule has 2 fully saturated rings. The maximum Gasteiger partial charge on any atom is 0.220 e. The predicted molar refractivity (Wildman–Crippen MR) is 392 cm³/mol. The third-order valence-electron chi connectivity index (χ3n) is 20.4. The number of carbonyl (C=O) groups excluding carboxylic acids is 1.